The largest absolute Gasteiger partial charge is 0.490 e. The van der Waals surface area contributed by atoms with Crippen molar-refractivity contribution in [1.29, 1.82) is 0 Å². The number of ether oxygens (including phenoxy) is 1. The van der Waals surface area contributed by atoms with Crippen LogP contribution in [0.4, 0.5) is 0 Å². The summed E-state index contributed by atoms with van der Waals surface area (Å²) in [5, 5.41) is 8.77. The minimum absolute atomic E-state index is 0.0250. The number of aliphatic carboxylic acids is 1. The van der Waals surface area contributed by atoms with Gasteiger partial charge in [0.1, 0.15) is 12.4 Å². The number of nitrogens with zero attached hydrogens (tertiary/aromatic N) is 1. The second kappa shape index (κ2) is 6.92. The van der Waals surface area contributed by atoms with E-state index in [2.05, 4.69) is 6.58 Å². The monoisotopic (exact) mass is 289 g/mol. The summed E-state index contributed by atoms with van der Waals surface area (Å²) >= 11 is 0. The maximum atomic E-state index is 12.4. The van der Waals surface area contributed by atoms with Crippen molar-refractivity contribution in [3.05, 3.63) is 42.5 Å². The van der Waals surface area contributed by atoms with Gasteiger partial charge in [0.25, 0.3) is 5.91 Å². The van der Waals surface area contributed by atoms with Gasteiger partial charge in [-0.3, -0.25) is 9.59 Å². The van der Waals surface area contributed by atoms with Crippen LogP contribution in [-0.2, 0) is 4.79 Å². The van der Waals surface area contributed by atoms with Crippen molar-refractivity contribution in [3.63, 3.8) is 0 Å². The molecule has 1 aliphatic rings. The van der Waals surface area contributed by atoms with Crippen LogP contribution in [0.15, 0.2) is 36.9 Å². The third kappa shape index (κ3) is 4.34. The van der Waals surface area contributed by atoms with Crippen molar-refractivity contribution in [3.8, 4) is 5.75 Å². The Morgan fingerprint density at radius 1 is 1.33 bits per heavy atom. The van der Waals surface area contributed by atoms with Gasteiger partial charge in [0.15, 0.2) is 0 Å². The van der Waals surface area contributed by atoms with E-state index in [1.54, 1.807) is 35.2 Å². The van der Waals surface area contributed by atoms with Gasteiger partial charge in [-0.1, -0.05) is 12.7 Å². The quantitative estimate of drug-likeness (QED) is 0.746. The molecule has 0 bridgehead atoms. The standard InChI is InChI=1S/C16H19NO4/c1-2-11-21-14-7-3-12(4-8-14)16(20)17(13-5-6-13)10-9-15(18)19/h2-4,7-8,13H,1,5-6,9-11H2,(H,18,19). The molecule has 0 radical (unpaired) electrons. The fraction of sp³-hybridized carbons (Fsp3) is 0.375. The minimum atomic E-state index is -0.887. The number of carboxylic acid groups (broad SMARTS) is 1. The summed E-state index contributed by atoms with van der Waals surface area (Å²) in [4.78, 5) is 24.8. The molecule has 5 nitrogen and oxygen atoms in total. The molecular formula is C16H19NO4. The highest BCUT2D eigenvalue weighted by Gasteiger charge is 2.33. The molecule has 0 atom stereocenters. The van der Waals surface area contributed by atoms with E-state index in [4.69, 9.17) is 9.84 Å². The first-order valence-corrected chi connectivity index (χ1v) is 6.98. The molecule has 5 heteroatoms. The highest BCUT2D eigenvalue weighted by molar-refractivity contribution is 5.95. The molecule has 0 saturated heterocycles. The van der Waals surface area contributed by atoms with Crippen molar-refractivity contribution in [2.45, 2.75) is 25.3 Å². The Kier molecular flexibility index (Phi) is 4.98. The number of carbonyl (C=O) groups excluding carboxylic acids is 1. The van der Waals surface area contributed by atoms with Crippen molar-refractivity contribution in [2.75, 3.05) is 13.2 Å². The van der Waals surface area contributed by atoms with Crippen LogP contribution in [0.2, 0.25) is 0 Å². The van der Waals surface area contributed by atoms with E-state index < -0.39 is 5.97 Å². The second-order valence-corrected chi connectivity index (χ2v) is 5.00. The summed E-state index contributed by atoms with van der Waals surface area (Å²) < 4.78 is 5.37. The predicted molar refractivity (Wildman–Crippen MR) is 78.4 cm³/mol. The smallest absolute Gasteiger partial charge is 0.305 e. The van der Waals surface area contributed by atoms with Crippen molar-refractivity contribution >= 4 is 11.9 Å². The van der Waals surface area contributed by atoms with Gasteiger partial charge >= 0.3 is 5.97 Å². The molecule has 21 heavy (non-hydrogen) atoms. The van der Waals surface area contributed by atoms with Crippen LogP contribution in [0.3, 0.4) is 0 Å². The molecule has 2 rings (SSSR count). The third-order valence-electron chi connectivity index (χ3n) is 3.28. The Balaban J connectivity index is 2.02. The van der Waals surface area contributed by atoms with Gasteiger partial charge in [-0.15, -0.1) is 0 Å². The van der Waals surface area contributed by atoms with Gasteiger partial charge in [-0.25, -0.2) is 0 Å². The fourth-order valence-electron chi connectivity index (χ4n) is 2.07. The van der Waals surface area contributed by atoms with Crippen LogP contribution in [-0.4, -0.2) is 41.1 Å². The minimum Gasteiger partial charge on any atom is -0.490 e. The molecule has 1 saturated carbocycles. The topological polar surface area (TPSA) is 66.8 Å². The van der Waals surface area contributed by atoms with Crippen LogP contribution >= 0.6 is 0 Å². The van der Waals surface area contributed by atoms with E-state index in [-0.39, 0.29) is 24.9 Å². The zero-order valence-electron chi connectivity index (χ0n) is 11.8. The molecule has 0 spiro atoms. The summed E-state index contributed by atoms with van der Waals surface area (Å²) in [6.45, 7) is 4.25. The van der Waals surface area contributed by atoms with Crippen molar-refractivity contribution < 1.29 is 19.4 Å². The fourth-order valence-corrected chi connectivity index (χ4v) is 2.07. The maximum absolute atomic E-state index is 12.4. The van der Waals surface area contributed by atoms with Crippen LogP contribution in [0, 0.1) is 0 Å². The van der Waals surface area contributed by atoms with Gasteiger partial charge in [-0.05, 0) is 37.1 Å². The zero-order chi connectivity index (χ0) is 15.2. The lowest BCUT2D eigenvalue weighted by Crippen LogP contribution is -2.34. The van der Waals surface area contributed by atoms with Crippen LogP contribution in [0.1, 0.15) is 29.6 Å². The molecule has 112 valence electrons. The molecule has 1 aromatic rings. The van der Waals surface area contributed by atoms with Crippen LogP contribution in [0.5, 0.6) is 5.75 Å². The zero-order valence-corrected chi connectivity index (χ0v) is 11.8. The number of benzene rings is 1. The van der Waals surface area contributed by atoms with E-state index in [0.29, 0.717) is 17.9 Å². The first-order chi connectivity index (χ1) is 10.1. The summed E-state index contributed by atoms with van der Waals surface area (Å²) in [6.07, 6.45) is 3.53. The number of hydrogen-bond acceptors (Lipinski definition) is 3. The van der Waals surface area contributed by atoms with Crippen LogP contribution < -0.4 is 4.74 Å². The van der Waals surface area contributed by atoms with E-state index in [0.717, 1.165) is 12.8 Å². The van der Waals surface area contributed by atoms with E-state index in [1.807, 2.05) is 0 Å². The molecular weight excluding hydrogens is 270 g/mol. The van der Waals surface area contributed by atoms with Gasteiger partial charge in [-0.2, -0.15) is 0 Å². The number of hydrogen-bond donors (Lipinski definition) is 1. The Labute approximate surface area is 123 Å². The van der Waals surface area contributed by atoms with Crippen LogP contribution in [0.25, 0.3) is 0 Å². The Hall–Kier alpha value is -2.30. The Morgan fingerprint density at radius 2 is 2.00 bits per heavy atom. The van der Waals surface area contributed by atoms with Crippen molar-refractivity contribution in [1.82, 2.24) is 4.90 Å². The highest BCUT2D eigenvalue weighted by atomic mass is 16.5. The molecule has 1 aliphatic carbocycles. The lowest BCUT2D eigenvalue weighted by atomic mass is 10.2. The molecule has 1 fully saturated rings. The normalized spacial score (nSPS) is 13.5. The van der Waals surface area contributed by atoms with E-state index >= 15 is 0 Å². The first kappa shape index (κ1) is 15.1. The van der Waals surface area contributed by atoms with Gasteiger partial charge in [0.05, 0.1) is 6.42 Å². The maximum Gasteiger partial charge on any atom is 0.305 e. The number of amides is 1. The average molecular weight is 289 g/mol. The Bertz CT molecular complexity index is 520. The summed E-state index contributed by atoms with van der Waals surface area (Å²) in [7, 11) is 0. The molecule has 0 aromatic heterocycles. The predicted octanol–water partition coefficient (Wildman–Crippen LogP) is 2.33. The number of carbonyl (C=O) groups is 2. The summed E-state index contributed by atoms with van der Waals surface area (Å²) in [6, 6.07) is 7.07. The molecule has 1 amide bonds. The number of rotatable bonds is 8. The molecule has 1 aromatic carbocycles. The van der Waals surface area contributed by atoms with E-state index in [1.165, 1.54) is 0 Å². The summed E-state index contributed by atoms with van der Waals surface area (Å²) in [5.74, 6) is -0.328. The highest BCUT2D eigenvalue weighted by Crippen LogP contribution is 2.28. The lowest BCUT2D eigenvalue weighted by molar-refractivity contribution is -0.137. The molecule has 0 heterocycles. The van der Waals surface area contributed by atoms with Gasteiger partial charge in [0, 0.05) is 18.2 Å². The van der Waals surface area contributed by atoms with Gasteiger partial charge in [0.2, 0.25) is 0 Å². The summed E-state index contributed by atoms with van der Waals surface area (Å²) in [5.41, 5.74) is 0.554. The second-order valence-electron chi connectivity index (χ2n) is 5.00. The van der Waals surface area contributed by atoms with Gasteiger partial charge < -0.3 is 14.7 Å². The molecule has 0 aliphatic heterocycles. The SMILES string of the molecule is C=CCOc1ccc(C(=O)N(CCC(=O)O)C2CC2)cc1. The first-order valence-electron chi connectivity index (χ1n) is 6.98. The Morgan fingerprint density at radius 3 is 2.52 bits per heavy atom. The lowest BCUT2D eigenvalue weighted by Gasteiger charge is -2.21. The van der Waals surface area contributed by atoms with Crippen molar-refractivity contribution in [2.24, 2.45) is 0 Å². The average Bonchev–Trinajstić information content (AvgIpc) is 3.30. The third-order valence-corrected chi connectivity index (χ3v) is 3.28. The number of carboxylic acids is 1. The molecule has 1 N–H and O–H groups in total. The molecule has 0 unspecified atom stereocenters. The van der Waals surface area contributed by atoms with E-state index in [9.17, 15) is 9.59 Å².